The third kappa shape index (κ3) is 6.59. The van der Waals surface area contributed by atoms with Crippen molar-refractivity contribution >= 4 is 21.8 Å². The quantitative estimate of drug-likeness (QED) is 0.445. The first kappa shape index (κ1) is 24.8. The molecule has 10 heteroatoms. The fraction of sp³-hybridized carbons (Fsp3) is 0.391. The highest BCUT2D eigenvalue weighted by atomic mass is 32.2. The summed E-state index contributed by atoms with van der Waals surface area (Å²) in [5.74, 6) is -2.18. The number of aryl methyl sites for hydroxylation is 2. The van der Waals surface area contributed by atoms with Crippen molar-refractivity contribution in [2.75, 3.05) is 26.2 Å². The van der Waals surface area contributed by atoms with Crippen molar-refractivity contribution in [1.29, 1.82) is 0 Å². The molecule has 8 nitrogen and oxygen atoms in total. The van der Waals surface area contributed by atoms with E-state index in [1.54, 1.807) is 0 Å². The minimum atomic E-state index is -3.98. The van der Waals surface area contributed by atoms with Crippen molar-refractivity contribution < 1.29 is 27.1 Å². The van der Waals surface area contributed by atoms with Gasteiger partial charge in [-0.25, -0.2) is 12.8 Å². The Labute approximate surface area is 193 Å². The van der Waals surface area contributed by atoms with E-state index in [9.17, 15) is 22.4 Å². The molecule has 2 aromatic carbocycles. The molecule has 1 saturated heterocycles. The molecular weight excluding hydrogens is 449 g/mol. The minimum Gasteiger partial charge on any atom is -0.360 e. The first-order chi connectivity index (χ1) is 15.8. The topological polar surface area (TPSA) is 105 Å². The lowest BCUT2D eigenvalue weighted by atomic mass is 10.1. The number of carbonyl (C=O) groups excluding carboxylic acids is 2. The summed E-state index contributed by atoms with van der Waals surface area (Å²) in [6.07, 6.45) is 0.959. The summed E-state index contributed by atoms with van der Waals surface area (Å²) >= 11 is 0. The lowest BCUT2D eigenvalue weighted by Gasteiger charge is -2.34. The van der Waals surface area contributed by atoms with E-state index in [0.29, 0.717) is 26.0 Å². The van der Waals surface area contributed by atoms with E-state index in [-0.39, 0.29) is 23.5 Å². The van der Waals surface area contributed by atoms with E-state index in [1.807, 2.05) is 30.3 Å². The molecule has 1 heterocycles. The van der Waals surface area contributed by atoms with E-state index < -0.39 is 33.9 Å². The Kier molecular flexibility index (Phi) is 8.54. The van der Waals surface area contributed by atoms with Crippen molar-refractivity contribution in [1.82, 2.24) is 14.9 Å². The Balaban J connectivity index is 1.53. The predicted molar refractivity (Wildman–Crippen MR) is 120 cm³/mol. The summed E-state index contributed by atoms with van der Waals surface area (Å²) in [5, 5.41) is 5.01. The third-order valence-corrected chi connectivity index (χ3v) is 7.34. The van der Waals surface area contributed by atoms with Crippen LogP contribution in [-0.4, -0.2) is 57.0 Å². The van der Waals surface area contributed by atoms with E-state index in [0.717, 1.165) is 28.4 Å². The lowest BCUT2D eigenvalue weighted by Crippen LogP contribution is -2.53. The summed E-state index contributed by atoms with van der Waals surface area (Å²) in [4.78, 5) is 24.2. The second kappa shape index (κ2) is 11.4. The summed E-state index contributed by atoms with van der Waals surface area (Å²) in [5.41, 5.74) is 1.42. The largest absolute Gasteiger partial charge is 0.360 e. The number of ether oxygens (including phenoxy) is 1. The maximum Gasteiger partial charge on any atom is 0.309 e. The standard InChI is InChI=1S/C23H28FN3O5S/c1-17-15-19(24)10-11-20(17)33(30,31)27-13-6-14-32-21(27)16-26-23(29)22(28)25-12-5-9-18-7-3-2-4-8-18/h2-4,7-8,10-11,15,21H,5-6,9,12-14,16H2,1H3,(H,25,28)(H,26,29). The average molecular weight is 478 g/mol. The van der Waals surface area contributed by atoms with Crippen LogP contribution in [0.4, 0.5) is 4.39 Å². The number of nitrogens with zero attached hydrogens (tertiary/aromatic N) is 1. The van der Waals surface area contributed by atoms with Gasteiger partial charge in [-0.1, -0.05) is 30.3 Å². The maximum atomic E-state index is 13.4. The number of hydrogen-bond acceptors (Lipinski definition) is 5. The lowest BCUT2D eigenvalue weighted by molar-refractivity contribution is -0.140. The summed E-state index contributed by atoms with van der Waals surface area (Å²) in [6.45, 7) is 2.17. The van der Waals surface area contributed by atoms with Crippen LogP contribution in [0.2, 0.25) is 0 Å². The van der Waals surface area contributed by atoms with E-state index in [2.05, 4.69) is 10.6 Å². The van der Waals surface area contributed by atoms with Crippen LogP contribution in [0.1, 0.15) is 24.0 Å². The van der Waals surface area contributed by atoms with Crippen LogP contribution in [0.25, 0.3) is 0 Å². The van der Waals surface area contributed by atoms with Gasteiger partial charge in [0, 0.05) is 13.1 Å². The molecule has 2 amide bonds. The highest BCUT2D eigenvalue weighted by Crippen LogP contribution is 2.25. The number of benzene rings is 2. The van der Waals surface area contributed by atoms with Crippen molar-refractivity contribution in [3.63, 3.8) is 0 Å². The molecule has 2 N–H and O–H groups in total. The van der Waals surface area contributed by atoms with Crippen molar-refractivity contribution in [2.45, 2.75) is 37.3 Å². The van der Waals surface area contributed by atoms with Gasteiger partial charge in [0.15, 0.2) is 0 Å². The van der Waals surface area contributed by atoms with Crippen LogP contribution in [0.15, 0.2) is 53.4 Å². The maximum absolute atomic E-state index is 13.4. The molecule has 1 aliphatic rings. The molecular formula is C23H28FN3O5S. The van der Waals surface area contributed by atoms with Crippen LogP contribution in [-0.2, 0) is 30.8 Å². The first-order valence-electron chi connectivity index (χ1n) is 10.8. The smallest absolute Gasteiger partial charge is 0.309 e. The highest BCUT2D eigenvalue weighted by Gasteiger charge is 2.35. The Bertz CT molecular complexity index is 1080. The number of hydrogen-bond donors (Lipinski definition) is 2. The van der Waals surface area contributed by atoms with Crippen LogP contribution in [0.3, 0.4) is 0 Å². The fourth-order valence-corrected chi connectivity index (χ4v) is 5.38. The number of halogens is 1. The van der Waals surface area contributed by atoms with Gasteiger partial charge < -0.3 is 15.4 Å². The fourth-order valence-electron chi connectivity index (χ4n) is 3.61. The molecule has 1 aliphatic heterocycles. The van der Waals surface area contributed by atoms with Crippen molar-refractivity contribution in [3.8, 4) is 0 Å². The van der Waals surface area contributed by atoms with Crippen LogP contribution in [0.5, 0.6) is 0 Å². The van der Waals surface area contributed by atoms with Crippen LogP contribution >= 0.6 is 0 Å². The van der Waals surface area contributed by atoms with Gasteiger partial charge in [-0.2, -0.15) is 4.31 Å². The van der Waals surface area contributed by atoms with Crippen molar-refractivity contribution in [3.05, 3.63) is 65.5 Å². The highest BCUT2D eigenvalue weighted by molar-refractivity contribution is 7.89. The van der Waals surface area contributed by atoms with Gasteiger partial charge in [-0.15, -0.1) is 0 Å². The molecule has 33 heavy (non-hydrogen) atoms. The summed E-state index contributed by atoms with van der Waals surface area (Å²) in [6, 6.07) is 13.2. The Morgan fingerprint density at radius 1 is 1.12 bits per heavy atom. The molecule has 0 radical (unpaired) electrons. The first-order valence-corrected chi connectivity index (χ1v) is 12.2. The normalized spacial score (nSPS) is 16.8. The molecule has 0 aromatic heterocycles. The Hall–Kier alpha value is -2.82. The zero-order valence-corrected chi connectivity index (χ0v) is 19.2. The van der Waals surface area contributed by atoms with E-state index in [1.165, 1.54) is 13.0 Å². The van der Waals surface area contributed by atoms with Gasteiger partial charge in [-0.3, -0.25) is 9.59 Å². The van der Waals surface area contributed by atoms with E-state index >= 15 is 0 Å². The number of carbonyl (C=O) groups is 2. The molecule has 3 rings (SSSR count). The Morgan fingerprint density at radius 3 is 2.58 bits per heavy atom. The number of sulfonamides is 1. The van der Waals surface area contributed by atoms with Gasteiger partial charge in [0.05, 0.1) is 18.0 Å². The van der Waals surface area contributed by atoms with Crippen LogP contribution in [0, 0.1) is 12.7 Å². The molecule has 0 aliphatic carbocycles. The number of amides is 2. The van der Waals surface area contributed by atoms with Gasteiger partial charge in [-0.05, 0) is 55.5 Å². The zero-order valence-electron chi connectivity index (χ0n) is 18.4. The molecule has 0 saturated carbocycles. The SMILES string of the molecule is Cc1cc(F)ccc1S(=O)(=O)N1CCCOC1CNC(=O)C(=O)NCCCc1ccccc1. The second-order valence-corrected chi connectivity index (χ2v) is 9.62. The van der Waals surface area contributed by atoms with Gasteiger partial charge in [0.25, 0.3) is 0 Å². The molecule has 0 spiro atoms. The van der Waals surface area contributed by atoms with Gasteiger partial charge >= 0.3 is 11.8 Å². The second-order valence-electron chi connectivity index (χ2n) is 7.76. The molecule has 1 unspecified atom stereocenters. The molecule has 1 fully saturated rings. The number of nitrogens with one attached hydrogen (secondary N) is 2. The van der Waals surface area contributed by atoms with Gasteiger partial charge in [0.2, 0.25) is 10.0 Å². The average Bonchev–Trinajstić information content (AvgIpc) is 2.80. The van der Waals surface area contributed by atoms with Gasteiger partial charge in [0.1, 0.15) is 12.0 Å². The van der Waals surface area contributed by atoms with Crippen LogP contribution < -0.4 is 10.6 Å². The van der Waals surface area contributed by atoms with Crippen molar-refractivity contribution in [2.24, 2.45) is 0 Å². The molecule has 1 atom stereocenters. The molecule has 178 valence electrons. The third-order valence-electron chi connectivity index (χ3n) is 5.29. The number of rotatable bonds is 8. The molecule has 0 bridgehead atoms. The molecule has 2 aromatic rings. The van der Waals surface area contributed by atoms with E-state index in [4.69, 9.17) is 4.74 Å². The predicted octanol–water partition coefficient (Wildman–Crippen LogP) is 1.74. The Morgan fingerprint density at radius 2 is 1.85 bits per heavy atom. The summed E-state index contributed by atoms with van der Waals surface area (Å²) in [7, 11) is -3.98. The summed E-state index contributed by atoms with van der Waals surface area (Å²) < 4.78 is 46.4. The minimum absolute atomic E-state index is 0.0260. The zero-order chi connectivity index (χ0) is 23.8. The monoisotopic (exact) mass is 477 g/mol.